The third-order valence-corrected chi connectivity index (χ3v) is 5.43. The van der Waals surface area contributed by atoms with Gasteiger partial charge in [0.15, 0.2) is 0 Å². The molecule has 0 spiro atoms. The molecule has 0 saturated heterocycles. The second-order valence-corrected chi connectivity index (χ2v) is 7.61. The van der Waals surface area contributed by atoms with Gasteiger partial charge in [-0.15, -0.1) is 0 Å². The average molecular weight is 322 g/mol. The molecular weight excluding hydrogens is 286 g/mol. The van der Waals surface area contributed by atoms with Crippen LogP contribution in [-0.2, 0) is 10.1 Å². The molecule has 5 heteroatoms. The largest absolute Gasteiger partial charge is 0.288 e. The van der Waals surface area contributed by atoms with Crippen LogP contribution in [-0.4, -0.2) is 36.8 Å². The molecule has 1 N–H and O–H groups in total. The van der Waals surface area contributed by atoms with Gasteiger partial charge < -0.3 is 0 Å². The lowest BCUT2D eigenvalue weighted by Gasteiger charge is -2.24. The van der Waals surface area contributed by atoms with Gasteiger partial charge in [-0.25, -0.2) is 0 Å². The van der Waals surface area contributed by atoms with Crippen LogP contribution in [0.3, 0.4) is 0 Å². The van der Waals surface area contributed by atoms with Crippen molar-refractivity contribution in [3.63, 3.8) is 0 Å². The van der Waals surface area contributed by atoms with Crippen LogP contribution < -0.4 is 0 Å². The second-order valence-electron chi connectivity index (χ2n) is 6.04. The summed E-state index contributed by atoms with van der Waals surface area (Å²) in [5.74, 6) is 0. The molecule has 1 atom stereocenters. The fourth-order valence-electron chi connectivity index (χ4n) is 2.74. The smallest absolute Gasteiger partial charge is 0.281 e. The van der Waals surface area contributed by atoms with Gasteiger partial charge in [0.05, 0.1) is 0 Å². The standard InChI is InChI=1S/C16H35NO3S/c1-4-6-7-8-9-10-11-12-13-14-15-17(3)16(5-2)21(18,19)20/h16H,4-15H2,1-3H3,(H,18,19,20). The summed E-state index contributed by atoms with van der Waals surface area (Å²) in [6, 6.07) is 0. The van der Waals surface area contributed by atoms with Crippen molar-refractivity contribution < 1.29 is 13.0 Å². The number of nitrogens with zero attached hydrogens (tertiary/aromatic N) is 1. The lowest BCUT2D eigenvalue weighted by Crippen LogP contribution is -2.38. The summed E-state index contributed by atoms with van der Waals surface area (Å²) >= 11 is 0. The van der Waals surface area contributed by atoms with Crippen molar-refractivity contribution in [2.75, 3.05) is 13.6 Å². The van der Waals surface area contributed by atoms with Crippen LogP contribution in [0.4, 0.5) is 0 Å². The Hall–Kier alpha value is -0.130. The monoisotopic (exact) mass is 321 g/mol. The third kappa shape index (κ3) is 11.1. The highest BCUT2D eigenvalue weighted by molar-refractivity contribution is 7.86. The van der Waals surface area contributed by atoms with Crippen molar-refractivity contribution in [2.24, 2.45) is 0 Å². The van der Waals surface area contributed by atoms with Crippen LogP contribution >= 0.6 is 0 Å². The third-order valence-electron chi connectivity index (χ3n) is 4.05. The van der Waals surface area contributed by atoms with Gasteiger partial charge in [-0.05, 0) is 26.4 Å². The van der Waals surface area contributed by atoms with E-state index < -0.39 is 15.5 Å². The van der Waals surface area contributed by atoms with Crippen LogP contribution in [0.2, 0.25) is 0 Å². The molecule has 0 aromatic heterocycles. The summed E-state index contributed by atoms with van der Waals surface area (Å²) < 4.78 is 31.5. The van der Waals surface area contributed by atoms with Crippen LogP contribution in [0.15, 0.2) is 0 Å². The minimum absolute atomic E-state index is 0.424. The molecule has 0 aliphatic carbocycles. The van der Waals surface area contributed by atoms with E-state index in [1.807, 2.05) is 0 Å². The van der Waals surface area contributed by atoms with Crippen molar-refractivity contribution in [1.29, 1.82) is 0 Å². The lowest BCUT2D eigenvalue weighted by molar-refractivity contribution is 0.273. The predicted molar refractivity (Wildman–Crippen MR) is 90.1 cm³/mol. The zero-order valence-corrected chi connectivity index (χ0v) is 15.0. The summed E-state index contributed by atoms with van der Waals surface area (Å²) in [5, 5.41) is -0.754. The first-order valence-corrected chi connectivity index (χ1v) is 10.1. The molecule has 128 valence electrons. The minimum Gasteiger partial charge on any atom is -0.288 e. The van der Waals surface area contributed by atoms with Gasteiger partial charge in [0, 0.05) is 0 Å². The minimum atomic E-state index is -3.95. The molecule has 0 aromatic carbocycles. The van der Waals surface area contributed by atoms with Crippen molar-refractivity contribution >= 4 is 10.1 Å². The molecule has 0 amide bonds. The van der Waals surface area contributed by atoms with E-state index in [1.54, 1.807) is 18.9 Å². The molecule has 1 unspecified atom stereocenters. The van der Waals surface area contributed by atoms with Crippen molar-refractivity contribution in [1.82, 2.24) is 4.90 Å². The highest BCUT2D eigenvalue weighted by atomic mass is 32.2. The topological polar surface area (TPSA) is 57.6 Å². The van der Waals surface area contributed by atoms with E-state index in [2.05, 4.69) is 6.92 Å². The number of rotatable bonds is 14. The first-order chi connectivity index (χ1) is 9.93. The molecule has 21 heavy (non-hydrogen) atoms. The summed E-state index contributed by atoms with van der Waals surface area (Å²) in [5.41, 5.74) is 0. The number of hydrogen-bond donors (Lipinski definition) is 1. The van der Waals surface area contributed by atoms with Gasteiger partial charge in [-0.1, -0.05) is 71.6 Å². The number of hydrogen-bond acceptors (Lipinski definition) is 3. The maximum Gasteiger partial charge on any atom is 0.281 e. The molecule has 0 bridgehead atoms. The first-order valence-electron chi connectivity index (χ1n) is 8.60. The molecule has 0 rings (SSSR count). The van der Waals surface area contributed by atoms with Crippen LogP contribution in [0.25, 0.3) is 0 Å². The van der Waals surface area contributed by atoms with Crippen molar-refractivity contribution in [3.05, 3.63) is 0 Å². The van der Waals surface area contributed by atoms with Crippen molar-refractivity contribution in [3.8, 4) is 0 Å². The number of unbranched alkanes of at least 4 members (excludes halogenated alkanes) is 9. The van der Waals surface area contributed by atoms with Gasteiger partial charge in [-0.3, -0.25) is 9.45 Å². The fourth-order valence-corrected chi connectivity index (χ4v) is 3.72. The molecule has 0 aliphatic rings. The van der Waals surface area contributed by atoms with Crippen LogP contribution in [0, 0.1) is 0 Å². The van der Waals surface area contributed by atoms with E-state index in [1.165, 1.54) is 51.4 Å². The van der Waals surface area contributed by atoms with E-state index in [0.717, 1.165) is 19.4 Å². The molecule has 0 aromatic rings. The van der Waals surface area contributed by atoms with E-state index in [0.29, 0.717) is 6.42 Å². The van der Waals surface area contributed by atoms with E-state index in [-0.39, 0.29) is 0 Å². The Bertz CT molecular complexity index is 330. The maximum atomic E-state index is 11.2. The molecule has 0 heterocycles. The van der Waals surface area contributed by atoms with Gasteiger partial charge >= 0.3 is 0 Å². The SMILES string of the molecule is CCCCCCCCCCCCN(C)C(CC)S(=O)(=O)O. The first kappa shape index (κ1) is 20.9. The summed E-state index contributed by atoms with van der Waals surface area (Å²) in [7, 11) is -2.18. The quantitative estimate of drug-likeness (QED) is 0.379. The van der Waals surface area contributed by atoms with Crippen LogP contribution in [0.1, 0.15) is 84.5 Å². The van der Waals surface area contributed by atoms with Gasteiger partial charge in [0.2, 0.25) is 0 Å². The fraction of sp³-hybridized carbons (Fsp3) is 1.00. The molecular formula is C16H35NO3S. The van der Waals surface area contributed by atoms with Gasteiger partial charge in [0.25, 0.3) is 10.1 Å². The van der Waals surface area contributed by atoms with E-state index in [9.17, 15) is 8.42 Å². The van der Waals surface area contributed by atoms with Gasteiger partial charge in [0.1, 0.15) is 5.37 Å². The molecule has 0 fully saturated rings. The molecule has 4 nitrogen and oxygen atoms in total. The summed E-state index contributed by atoms with van der Waals surface area (Å²) in [6.07, 6.45) is 13.1. The zero-order chi connectivity index (χ0) is 16.1. The summed E-state index contributed by atoms with van der Waals surface area (Å²) in [4.78, 5) is 1.75. The Morgan fingerprint density at radius 2 is 1.29 bits per heavy atom. The zero-order valence-electron chi connectivity index (χ0n) is 14.2. The Balaban J connectivity index is 3.54. The Labute approximate surface area is 132 Å². The highest BCUT2D eigenvalue weighted by Gasteiger charge is 2.24. The normalized spacial score (nSPS) is 13.8. The Morgan fingerprint density at radius 1 is 0.857 bits per heavy atom. The predicted octanol–water partition coefficient (Wildman–Crippen LogP) is 4.46. The van der Waals surface area contributed by atoms with E-state index >= 15 is 0 Å². The summed E-state index contributed by atoms with van der Waals surface area (Å²) in [6.45, 7) is 4.75. The maximum absolute atomic E-state index is 11.2. The Morgan fingerprint density at radius 3 is 1.67 bits per heavy atom. The lowest BCUT2D eigenvalue weighted by atomic mass is 10.1. The van der Waals surface area contributed by atoms with Crippen LogP contribution in [0.5, 0.6) is 0 Å². The highest BCUT2D eigenvalue weighted by Crippen LogP contribution is 2.13. The molecule has 0 aliphatic heterocycles. The average Bonchev–Trinajstić information content (AvgIpc) is 2.40. The van der Waals surface area contributed by atoms with Crippen molar-refractivity contribution in [2.45, 2.75) is 89.9 Å². The van der Waals surface area contributed by atoms with Gasteiger partial charge in [-0.2, -0.15) is 8.42 Å². The van der Waals surface area contributed by atoms with E-state index in [4.69, 9.17) is 4.55 Å². The Kier molecular flexibility index (Phi) is 12.3. The molecule has 0 radical (unpaired) electrons. The second kappa shape index (κ2) is 12.4. The molecule has 0 saturated carbocycles.